The number of likely N-dealkylation sites (tertiary alicyclic amines) is 1. The lowest BCUT2D eigenvalue weighted by Crippen LogP contribution is -2.49. The molecule has 0 bridgehead atoms. The van der Waals surface area contributed by atoms with Gasteiger partial charge in [0.2, 0.25) is 0 Å². The van der Waals surface area contributed by atoms with Crippen molar-refractivity contribution in [3.63, 3.8) is 0 Å². The first kappa shape index (κ1) is 16.0. The third kappa shape index (κ3) is 3.02. The third-order valence-electron chi connectivity index (χ3n) is 5.95. The van der Waals surface area contributed by atoms with Gasteiger partial charge in [0, 0.05) is 25.2 Å². The molecule has 1 saturated heterocycles. The molecule has 0 amide bonds. The summed E-state index contributed by atoms with van der Waals surface area (Å²) >= 11 is 0. The Morgan fingerprint density at radius 3 is 2.73 bits per heavy atom. The predicted octanol–water partition coefficient (Wildman–Crippen LogP) is 2.94. The zero-order chi connectivity index (χ0) is 17.3. The Morgan fingerprint density at radius 2 is 1.88 bits per heavy atom. The van der Waals surface area contributed by atoms with E-state index < -0.39 is 0 Å². The van der Waals surface area contributed by atoms with Crippen LogP contribution in [0.5, 0.6) is 0 Å². The fourth-order valence-electron chi connectivity index (χ4n) is 4.56. The van der Waals surface area contributed by atoms with E-state index in [4.69, 9.17) is 4.63 Å². The summed E-state index contributed by atoms with van der Waals surface area (Å²) in [7, 11) is 0. The van der Waals surface area contributed by atoms with Gasteiger partial charge in [0.05, 0.1) is 0 Å². The smallest absolute Gasteiger partial charge is 0.139 e. The van der Waals surface area contributed by atoms with Gasteiger partial charge >= 0.3 is 0 Å². The van der Waals surface area contributed by atoms with Gasteiger partial charge in [0.1, 0.15) is 11.0 Å². The first-order valence-electron chi connectivity index (χ1n) is 9.61. The lowest BCUT2D eigenvalue weighted by atomic mass is 10.0. The molecule has 2 aromatic carbocycles. The van der Waals surface area contributed by atoms with Crippen LogP contribution in [0.4, 0.5) is 0 Å². The van der Waals surface area contributed by atoms with E-state index in [1.807, 2.05) is 12.1 Å². The molecule has 0 saturated carbocycles. The van der Waals surface area contributed by atoms with Crippen LogP contribution in [0.25, 0.3) is 11.0 Å². The minimum Gasteiger partial charge on any atom is -0.309 e. The highest BCUT2D eigenvalue weighted by Gasteiger charge is 2.30. The van der Waals surface area contributed by atoms with Crippen molar-refractivity contribution in [1.29, 1.82) is 0 Å². The molecule has 1 aliphatic carbocycles. The lowest BCUT2D eigenvalue weighted by Gasteiger charge is -2.37. The summed E-state index contributed by atoms with van der Waals surface area (Å²) in [6.07, 6.45) is 4.91. The van der Waals surface area contributed by atoms with Crippen molar-refractivity contribution in [3.8, 4) is 0 Å². The Morgan fingerprint density at radius 1 is 1.04 bits per heavy atom. The summed E-state index contributed by atoms with van der Waals surface area (Å²) in [6.45, 7) is 3.17. The van der Waals surface area contributed by atoms with Gasteiger partial charge < -0.3 is 5.32 Å². The molecule has 1 N–H and O–H groups in total. The second-order valence-corrected chi connectivity index (χ2v) is 7.59. The van der Waals surface area contributed by atoms with Crippen LogP contribution >= 0.6 is 0 Å². The maximum atomic E-state index is 4.88. The Labute approximate surface area is 153 Å². The predicted molar refractivity (Wildman–Crippen MR) is 101 cm³/mol. The van der Waals surface area contributed by atoms with Crippen molar-refractivity contribution in [2.45, 2.75) is 44.3 Å². The van der Waals surface area contributed by atoms with Crippen LogP contribution in [-0.2, 0) is 19.4 Å². The van der Waals surface area contributed by atoms with Gasteiger partial charge in [0.15, 0.2) is 0 Å². The Hall–Kier alpha value is -2.24. The van der Waals surface area contributed by atoms with Crippen LogP contribution in [0.2, 0.25) is 0 Å². The molecule has 26 heavy (non-hydrogen) atoms. The number of nitrogens with zero attached hydrogens (tertiary/aromatic N) is 3. The van der Waals surface area contributed by atoms with Gasteiger partial charge in [0.25, 0.3) is 0 Å². The van der Waals surface area contributed by atoms with Crippen molar-refractivity contribution in [2.24, 2.45) is 0 Å². The first-order valence-corrected chi connectivity index (χ1v) is 9.61. The van der Waals surface area contributed by atoms with E-state index >= 15 is 0 Å². The van der Waals surface area contributed by atoms with Crippen LogP contribution in [-0.4, -0.2) is 40.4 Å². The third-order valence-corrected chi connectivity index (χ3v) is 5.95. The maximum absolute atomic E-state index is 4.88. The van der Waals surface area contributed by atoms with Crippen molar-refractivity contribution in [3.05, 3.63) is 59.2 Å². The molecule has 5 heteroatoms. The van der Waals surface area contributed by atoms with Crippen molar-refractivity contribution in [2.75, 3.05) is 13.1 Å². The van der Waals surface area contributed by atoms with E-state index in [1.165, 1.54) is 43.4 Å². The SMILES string of the molecule is c1ccc2c(c1)CC(N1CCCC(NCc3cccc4nonc34)C1)C2. The molecule has 2 heterocycles. The number of nitrogens with one attached hydrogen (secondary N) is 1. The molecule has 2 aliphatic rings. The van der Waals surface area contributed by atoms with Gasteiger partial charge in [-0.1, -0.05) is 36.4 Å². The van der Waals surface area contributed by atoms with Crippen LogP contribution in [0.3, 0.4) is 0 Å². The topological polar surface area (TPSA) is 54.2 Å². The molecule has 1 aliphatic heterocycles. The zero-order valence-electron chi connectivity index (χ0n) is 14.9. The molecule has 5 nitrogen and oxygen atoms in total. The molecular weight excluding hydrogens is 324 g/mol. The number of rotatable bonds is 4. The maximum Gasteiger partial charge on any atom is 0.139 e. The van der Waals surface area contributed by atoms with Gasteiger partial charge in [-0.05, 0) is 65.3 Å². The Kier molecular flexibility index (Phi) is 4.19. The number of hydrogen-bond acceptors (Lipinski definition) is 5. The zero-order valence-corrected chi connectivity index (χ0v) is 14.9. The number of aromatic nitrogens is 2. The summed E-state index contributed by atoms with van der Waals surface area (Å²) in [5.74, 6) is 0. The molecule has 5 rings (SSSR count). The minimum atomic E-state index is 0.530. The fourth-order valence-corrected chi connectivity index (χ4v) is 4.56. The highest BCUT2D eigenvalue weighted by Crippen LogP contribution is 2.27. The van der Waals surface area contributed by atoms with Gasteiger partial charge in [-0.2, -0.15) is 0 Å². The van der Waals surface area contributed by atoms with E-state index in [1.54, 1.807) is 0 Å². The average molecular weight is 348 g/mol. The van der Waals surface area contributed by atoms with Gasteiger partial charge in [-0.15, -0.1) is 0 Å². The van der Waals surface area contributed by atoms with E-state index in [2.05, 4.69) is 50.9 Å². The quantitative estimate of drug-likeness (QED) is 0.786. The molecule has 1 aromatic heterocycles. The summed E-state index contributed by atoms with van der Waals surface area (Å²) in [5, 5.41) is 11.7. The number of hydrogen-bond donors (Lipinski definition) is 1. The highest BCUT2D eigenvalue weighted by molar-refractivity contribution is 5.76. The molecule has 0 spiro atoms. The molecule has 1 fully saturated rings. The van der Waals surface area contributed by atoms with Crippen LogP contribution in [0, 0.1) is 0 Å². The van der Waals surface area contributed by atoms with E-state index in [0.29, 0.717) is 12.1 Å². The summed E-state index contributed by atoms with van der Waals surface area (Å²) < 4.78 is 4.88. The summed E-state index contributed by atoms with van der Waals surface area (Å²) in [4.78, 5) is 2.69. The number of piperidine rings is 1. The average Bonchev–Trinajstić information content (AvgIpc) is 3.33. The lowest BCUT2D eigenvalue weighted by molar-refractivity contribution is 0.140. The summed E-state index contributed by atoms with van der Waals surface area (Å²) in [5.41, 5.74) is 5.95. The van der Waals surface area contributed by atoms with Crippen molar-refractivity contribution < 1.29 is 4.63 Å². The minimum absolute atomic E-state index is 0.530. The van der Waals surface area contributed by atoms with Gasteiger partial charge in [-0.3, -0.25) is 4.90 Å². The standard InChI is InChI=1S/C21H24N4O/c1-2-6-16-12-19(11-15(16)5-1)25-10-4-8-18(14-25)22-13-17-7-3-9-20-21(17)24-26-23-20/h1-3,5-7,9,18-19,22H,4,8,10-14H2. The molecule has 1 atom stereocenters. The van der Waals surface area contributed by atoms with Gasteiger partial charge in [-0.25, -0.2) is 4.63 Å². The summed E-state index contributed by atoms with van der Waals surface area (Å²) in [6, 6.07) is 16.2. The van der Waals surface area contributed by atoms with E-state index in [0.717, 1.165) is 29.7 Å². The second kappa shape index (κ2) is 6.82. The molecule has 0 radical (unpaired) electrons. The van der Waals surface area contributed by atoms with Crippen LogP contribution < -0.4 is 5.32 Å². The Bertz CT molecular complexity index is 881. The first-order chi connectivity index (χ1) is 12.9. The molecule has 1 unspecified atom stereocenters. The molecule has 3 aromatic rings. The number of benzene rings is 2. The van der Waals surface area contributed by atoms with Crippen LogP contribution in [0.15, 0.2) is 47.1 Å². The largest absolute Gasteiger partial charge is 0.309 e. The monoisotopic (exact) mass is 348 g/mol. The normalized spacial score (nSPS) is 21.3. The number of fused-ring (bicyclic) bond motifs is 2. The second-order valence-electron chi connectivity index (χ2n) is 7.59. The molecular formula is C21H24N4O. The van der Waals surface area contributed by atoms with E-state index in [9.17, 15) is 0 Å². The van der Waals surface area contributed by atoms with Crippen molar-refractivity contribution >= 4 is 11.0 Å². The van der Waals surface area contributed by atoms with Crippen LogP contribution in [0.1, 0.15) is 29.5 Å². The van der Waals surface area contributed by atoms with Crippen molar-refractivity contribution in [1.82, 2.24) is 20.5 Å². The highest BCUT2D eigenvalue weighted by atomic mass is 16.6. The molecule has 134 valence electrons. The Balaban J connectivity index is 1.22. The van der Waals surface area contributed by atoms with E-state index in [-0.39, 0.29) is 0 Å². The fraction of sp³-hybridized carbons (Fsp3) is 0.429.